The number of rotatable bonds is 8. The summed E-state index contributed by atoms with van der Waals surface area (Å²) in [5, 5.41) is 7.11. The van der Waals surface area contributed by atoms with Crippen molar-refractivity contribution in [2.75, 3.05) is 6.54 Å². The number of hydrogen-bond acceptors (Lipinski definition) is 4. The van der Waals surface area contributed by atoms with Crippen LogP contribution in [0.1, 0.15) is 46.0 Å². The number of nitrogens with zero attached hydrogens (tertiary/aromatic N) is 2. The highest BCUT2D eigenvalue weighted by atomic mass is 16.5. The van der Waals surface area contributed by atoms with E-state index in [2.05, 4.69) is 22.5 Å². The number of carbonyl (C=O) groups excluding carboxylic acids is 1. The zero-order valence-electron chi connectivity index (χ0n) is 16.1. The summed E-state index contributed by atoms with van der Waals surface area (Å²) in [6, 6.07) is 11.7. The number of furan rings is 1. The first kappa shape index (κ1) is 18.3. The molecule has 1 aliphatic carbocycles. The topological polar surface area (TPSA) is 69.3 Å². The second-order valence-corrected chi connectivity index (χ2v) is 7.14. The standard InChI is InChI=1S/C22H25N3O3/c1-16-10-12-24-25(16)13-3-11-23-22(26)21-9-8-20(28-21)15-27-19-7-6-17-4-2-5-18(17)14-19/h6-10,12,14H,2-5,11,13,15H2,1H3,(H,23,26). The molecule has 0 aliphatic heterocycles. The van der Waals surface area contributed by atoms with Crippen molar-refractivity contribution in [2.24, 2.45) is 0 Å². The van der Waals surface area contributed by atoms with Crippen molar-refractivity contribution in [3.05, 3.63) is 70.9 Å². The van der Waals surface area contributed by atoms with Crippen molar-refractivity contribution in [1.29, 1.82) is 0 Å². The molecule has 2 aromatic heterocycles. The Kier molecular flexibility index (Phi) is 5.46. The first-order valence-electron chi connectivity index (χ1n) is 9.79. The lowest BCUT2D eigenvalue weighted by Crippen LogP contribution is -2.25. The summed E-state index contributed by atoms with van der Waals surface area (Å²) >= 11 is 0. The van der Waals surface area contributed by atoms with E-state index in [1.165, 1.54) is 17.5 Å². The lowest BCUT2D eigenvalue weighted by atomic mass is 10.1. The van der Waals surface area contributed by atoms with Crippen LogP contribution in [-0.4, -0.2) is 22.2 Å². The third-order valence-electron chi connectivity index (χ3n) is 5.10. The van der Waals surface area contributed by atoms with Crippen LogP contribution in [0.25, 0.3) is 0 Å². The number of fused-ring (bicyclic) bond motifs is 1. The molecule has 1 aliphatic rings. The monoisotopic (exact) mass is 379 g/mol. The van der Waals surface area contributed by atoms with Crippen LogP contribution in [0, 0.1) is 6.92 Å². The van der Waals surface area contributed by atoms with Gasteiger partial charge in [-0.2, -0.15) is 5.10 Å². The van der Waals surface area contributed by atoms with Gasteiger partial charge in [-0.1, -0.05) is 6.07 Å². The molecule has 0 bridgehead atoms. The fourth-order valence-electron chi connectivity index (χ4n) is 3.52. The first-order valence-corrected chi connectivity index (χ1v) is 9.79. The summed E-state index contributed by atoms with van der Waals surface area (Å²) in [5.41, 5.74) is 3.92. The molecule has 0 atom stereocenters. The van der Waals surface area contributed by atoms with Gasteiger partial charge >= 0.3 is 0 Å². The van der Waals surface area contributed by atoms with Crippen LogP contribution < -0.4 is 10.1 Å². The molecule has 28 heavy (non-hydrogen) atoms. The molecule has 146 valence electrons. The fourth-order valence-corrected chi connectivity index (χ4v) is 3.52. The van der Waals surface area contributed by atoms with Gasteiger partial charge in [0, 0.05) is 25.0 Å². The second-order valence-electron chi connectivity index (χ2n) is 7.14. The predicted molar refractivity (Wildman–Crippen MR) is 105 cm³/mol. The van der Waals surface area contributed by atoms with Gasteiger partial charge in [0.15, 0.2) is 5.76 Å². The van der Waals surface area contributed by atoms with E-state index in [1.807, 2.05) is 23.7 Å². The molecule has 0 radical (unpaired) electrons. The predicted octanol–water partition coefficient (Wildman–Crippen LogP) is 3.67. The van der Waals surface area contributed by atoms with Crippen molar-refractivity contribution < 1.29 is 13.9 Å². The number of amides is 1. The highest BCUT2D eigenvalue weighted by Gasteiger charge is 2.13. The highest BCUT2D eigenvalue weighted by Crippen LogP contribution is 2.26. The molecule has 1 N–H and O–H groups in total. The average Bonchev–Trinajstić information content (AvgIpc) is 3.44. The van der Waals surface area contributed by atoms with Gasteiger partial charge in [0.05, 0.1) is 0 Å². The number of benzene rings is 1. The maximum atomic E-state index is 12.2. The van der Waals surface area contributed by atoms with Gasteiger partial charge in [0.1, 0.15) is 18.1 Å². The van der Waals surface area contributed by atoms with Crippen LogP contribution in [0.3, 0.4) is 0 Å². The van der Waals surface area contributed by atoms with Gasteiger partial charge in [-0.15, -0.1) is 0 Å². The Labute approximate surface area is 164 Å². The van der Waals surface area contributed by atoms with Crippen LogP contribution in [0.2, 0.25) is 0 Å². The molecule has 0 spiro atoms. The third-order valence-corrected chi connectivity index (χ3v) is 5.10. The van der Waals surface area contributed by atoms with Gasteiger partial charge in [0.25, 0.3) is 5.91 Å². The smallest absolute Gasteiger partial charge is 0.286 e. The average molecular weight is 379 g/mol. The quantitative estimate of drug-likeness (QED) is 0.606. The van der Waals surface area contributed by atoms with Crippen LogP contribution >= 0.6 is 0 Å². The largest absolute Gasteiger partial charge is 0.486 e. The zero-order chi connectivity index (χ0) is 19.3. The van der Waals surface area contributed by atoms with Gasteiger partial charge in [-0.05, 0) is 74.1 Å². The maximum Gasteiger partial charge on any atom is 0.286 e. The van der Waals surface area contributed by atoms with Crippen LogP contribution in [0.4, 0.5) is 0 Å². The van der Waals surface area contributed by atoms with Gasteiger partial charge in [0.2, 0.25) is 0 Å². The molecule has 0 fully saturated rings. The number of carbonyl (C=O) groups is 1. The molecule has 2 heterocycles. The first-order chi connectivity index (χ1) is 13.7. The summed E-state index contributed by atoms with van der Waals surface area (Å²) in [5.74, 6) is 1.58. The molecule has 0 saturated heterocycles. The number of aryl methyl sites for hydroxylation is 4. The fraction of sp³-hybridized carbons (Fsp3) is 0.364. The molecule has 1 amide bonds. The Morgan fingerprint density at radius 3 is 2.96 bits per heavy atom. The third kappa shape index (κ3) is 4.27. The van der Waals surface area contributed by atoms with E-state index >= 15 is 0 Å². The van der Waals surface area contributed by atoms with E-state index in [1.54, 1.807) is 18.3 Å². The van der Waals surface area contributed by atoms with Crippen molar-refractivity contribution in [3.8, 4) is 5.75 Å². The van der Waals surface area contributed by atoms with E-state index in [0.29, 0.717) is 24.7 Å². The highest BCUT2D eigenvalue weighted by molar-refractivity contribution is 5.91. The summed E-state index contributed by atoms with van der Waals surface area (Å²) in [6.45, 7) is 3.67. The number of hydrogen-bond donors (Lipinski definition) is 1. The van der Waals surface area contributed by atoms with Crippen molar-refractivity contribution in [1.82, 2.24) is 15.1 Å². The normalized spacial score (nSPS) is 12.8. The Hall–Kier alpha value is -3.02. The lowest BCUT2D eigenvalue weighted by molar-refractivity contribution is 0.0921. The minimum Gasteiger partial charge on any atom is -0.486 e. The van der Waals surface area contributed by atoms with Gasteiger partial charge in [-0.25, -0.2) is 0 Å². The van der Waals surface area contributed by atoms with Crippen LogP contribution in [0.5, 0.6) is 5.75 Å². The summed E-state index contributed by atoms with van der Waals surface area (Å²) in [4.78, 5) is 12.2. The van der Waals surface area contributed by atoms with Crippen molar-refractivity contribution >= 4 is 5.91 Å². The lowest BCUT2D eigenvalue weighted by Gasteiger charge is -2.07. The van der Waals surface area contributed by atoms with E-state index in [4.69, 9.17) is 9.15 Å². The Balaban J connectivity index is 1.23. The number of nitrogens with one attached hydrogen (secondary N) is 1. The number of aromatic nitrogens is 2. The molecule has 1 aromatic carbocycles. The summed E-state index contributed by atoms with van der Waals surface area (Å²) in [6.07, 6.45) is 6.09. The number of ether oxygens (including phenoxy) is 1. The SMILES string of the molecule is Cc1ccnn1CCCNC(=O)c1ccc(COc2ccc3c(c2)CCC3)o1. The van der Waals surface area contributed by atoms with E-state index < -0.39 is 0 Å². The molecular formula is C22H25N3O3. The summed E-state index contributed by atoms with van der Waals surface area (Å²) in [7, 11) is 0. The van der Waals surface area contributed by atoms with E-state index in [9.17, 15) is 4.79 Å². The Morgan fingerprint density at radius 2 is 2.11 bits per heavy atom. The molecular weight excluding hydrogens is 354 g/mol. The Morgan fingerprint density at radius 1 is 1.21 bits per heavy atom. The van der Waals surface area contributed by atoms with Crippen LogP contribution in [-0.2, 0) is 26.0 Å². The zero-order valence-corrected chi connectivity index (χ0v) is 16.1. The molecule has 3 aromatic rings. The van der Waals surface area contributed by atoms with Crippen molar-refractivity contribution in [2.45, 2.75) is 45.8 Å². The summed E-state index contributed by atoms with van der Waals surface area (Å²) < 4.78 is 13.4. The van der Waals surface area contributed by atoms with Crippen LogP contribution in [0.15, 0.2) is 47.0 Å². The minimum absolute atomic E-state index is 0.207. The van der Waals surface area contributed by atoms with Gasteiger partial charge < -0.3 is 14.5 Å². The molecule has 6 nitrogen and oxygen atoms in total. The Bertz CT molecular complexity index is 958. The molecule has 6 heteroatoms. The van der Waals surface area contributed by atoms with Crippen molar-refractivity contribution in [3.63, 3.8) is 0 Å². The van der Waals surface area contributed by atoms with E-state index in [-0.39, 0.29) is 5.91 Å². The van der Waals surface area contributed by atoms with Gasteiger partial charge in [-0.3, -0.25) is 9.48 Å². The minimum atomic E-state index is -0.207. The second kappa shape index (κ2) is 8.33. The molecule has 0 saturated carbocycles. The maximum absolute atomic E-state index is 12.2. The molecule has 4 rings (SSSR count). The molecule has 0 unspecified atom stereocenters. The van der Waals surface area contributed by atoms with E-state index in [0.717, 1.165) is 37.3 Å².